The lowest BCUT2D eigenvalue weighted by Gasteiger charge is -2.13. The van der Waals surface area contributed by atoms with Gasteiger partial charge < -0.3 is 20.1 Å². The first kappa shape index (κ1) is 17.4. The van der Waals surface area contributed by atoms with E-state index in [9.17, 15) is 14.5 Å². The quantitative estimate of drug-likeness (QED) is 0.484. The Kier molecular flexibility index (Phi) is 5.48. The minimum atomic E-state index is -0.703. The Labute approximate surface area is 142 Å². The van der Waals surface area contributed by atoms with Gasteiger partial charge in [0.1, 0.15) is 11.5 Å². The van der Waals surface area contributed by atoms with Crippen molar-refractivity contribution < 1.29 is 18.8 Å². The third-order valence-electron chi connectivity index (χ3n) is 3.05. The third kappa shape index (κ3) is 4.07. The minimum absolute atomic E-state index is 0.0828. The lowest BCUT2D eigenvalue weighted by Crippen LogP contribution is -2.19. The molecule has 0 atom stereocenters. The molecule has 2 aromatic carbocycles. The van der Waals surface area contributed by atoms with Crippen LogP contribution in [0.2, 0.25) is 0 Å². The summed E-state index contributed by atoms with van der Waals surface area (Å²) in [5, 5.41) is 16.6. The van der Waals surface area contributed by atoms with Gasteiger partial charge in [-0.25, -0.2) is 4.39 Å². The number of thiocarbonyl (C=S) groups is 1. The second-order valence-electron chi connectivity index (χ2n) is 4.57. The Morgan fingerprint density at radius 2 is 1.83 bits per heavy atom. The molecule has 0 aliphatic carbocycles. The Balaban J connectivity index is 2.16. The largest absolute Gasteiger partial charge is 0.493 e. The molecule has 0 aliphatic rings. The highest BCUT2D eigenvalue weighted by Crippen LogP contribution is 2.30. The number of rotatable bonds is 5. The predicted octanol–water partition coefficient (Wildman–Crippen LogP) is 3.56. The Morgan fingerprint density at radius 1 is 1.12 bits per heavy atom. The summed E-state index contributed by atoms with van der Waals surface area (Å²) in [5.74, 6) is 0.347. The van der Waals surface area contributed by atoms with Crippen LogP contribution in [-0.4, -0.2) is 24.3 Å². The number of nitrogens with one attached hydrogen (secondary N) is 2. The fraction of sp³-hybridized carbons (Fsp3) is 0.133. The molecular weight excluding hydrogens is 337 g/mol. The van der Waals surface area contributed by atoms with Crippen LogP contribution >= 0.6 is 12.2 Å². The number of halogens is 1. The number of nitrogens with zero attached hydrogens (tertiary/aromatic N) is 1. The molecule has 0 fully saturated rings. The van der Waals surface area contributed by atoms with Gasteiger partial charge in [-0.1, -0.05) is 0 Å². The van der Waals surface area contributed by atoms with Gasteiger partial charge in [-0.2, -0.15) is 0 Å². The van der Waals surface area contributed by atoms with Gasteiger partial charge in [-0.05, 0) is 36.5 Å². The van der Waals surface area contributed by atoms with Crippen LogP contribution in [0, 0.1) is 15.9 Å². The highest BCUT2D eigenvalue weighted by atomic mass is 32.1. The summed E-state index contributed by atoms with van der Waals surface area (Å²) in [7, 11) is 3.02. The van der Waals surface area contributed by atoms with Gasteiger partial charge in [-0.3, -0.25) is 10.1 Å². The number of benzene rings is 2. The molecule has 7 nitrogen and oxygen atoms in total. The second kappa shape index (κ2) is 7.55. The highest BCUT2D eigenvalue weighted by Gasteiger charge is 2.16. The van der Waals surface area contributed by atoms with E-state index in [4.69, 9.17) is 21.7 Å². The molecule has 0 amide bonds. The molecule has 0 unspecified atom stereocenters. The van der Waals surface area contributed by atoms with Crippen LogP contribution in [0.15, 0.2) is 36.4 Å². The lowest BCUT2D eigenvalue weighted by molar-refractivity contribution is -0.384. The number of hydrogen-bond acceptors (Lipinski definition) is 5. The molecule has 0 saturated heterocycles. The van der Waals surface area contributed by atoms with Crippen LogP contribution in [0.1, 0.15) is 0 Å². The Morgan fingerprint density at radius 3 is 2.46 bits per heavy atom. The van der Waals surface area contributed by atoms with E-state index in [0.717, 1.165) is 12.1 Å². The minimum Gasteiger partial charge on any atom is -0.493 e. The van der Waals surface area contributed by atoms with E-state index in [-0.39, 0.29) is 10.8 Å². The molecule has 0 radical (unpaired) electrons. The van der Waals surface area contributed by atoms with E-state index in [1.807, 2.05) is 0 Å². The molecule has 0 saturated carbocycles. The van der Waals surface area contributed by atoms with Crippen molar-refractivity contribution in [3.05, 3.63) is 52.3 Å². The average molecular weight is 351 g/mol. The van der Waals surface area contributed by atoms with E-state index >= 15 is 0 Å². The number of hydrogen-bond donors (Lipinski definition) is 2. The molecule has 9 heteroatoms. The maximum Gasteiger partial charge on any atom is 0.295 e. The Hall–Kier alpha value is -2.94. The van der Waals surface area contributed by atoms with Gasteiger partial charge in [0.05, 0.1) is 25.2 Å². The van der Waals surface area contributed by atoms with Crippen LogP contribution < -0.4 is 20.1 Å². The van der Waals surface area contributed by atoms with Crippen molar-refractivity contribution in [1.82, 2.24) is 0 Å². The van der Waals surface area contributed by atoms with Gasteiger partial charge in [0.2, 0.25) is 0 Å². The molecule has 0 heterocycles. The summed E-state index contributed by atoms with van der Waals surface area (Å²) < 4.78 is 23.5. The monoisotopic (exact) mass is 351 g/mol. The molecular formula is C15H14FN3O4S. The van der Waals surface area contributed by atoms with Crippen molar-refractivity contribution in [3.8, 4) is 11.5 Å². The van der Waals surface area contributed by atoms with Crippen molar-refractivity contribution in [2.45, 2.75) is 0 Å². The third-order valence-corrected chi connectivity index (χ3v) is 3.25. The van der Waals surface area contributed by atoms with Gasteiger partial charge >= 0.3 is 0 Å². The van der Waals surface area contributed by atoms with Crippen molar-refractivity contribution in [2.24, 2.45) is 0 Å². The van der Waals surface area contributed by atoms with E-state index < -0.39 is 16.4 Å². The van der Waals surface area contributed by atoms with Gasteiger partial charge in [0.15, 0.2) is 16.6 Å². The van der Waals surface area contributed by atoms with Crippen LogP contribution in [0.5, 0.6) is 11.5 Å². The first-order chi connectivity index (χ1) is 11.4. The predicted molar refractivity (Wildman–Crippen MR) is 92.4 cm³/mol. The van der Waals surface area contributed by atoms with Crippen LogP contribution in [0.25, 0.3) is 0 Å². The average Bonchev–Trinajstić information content (AvgIpc) is 2.56. The van der Waals surface area contributed by atoms with Crippen molar-refractivity contribution in [1.29, 1.82) is 0 Å². The number of ether oxygens (including phenoxy) is 2. The SMILES string of the molecule is COc1ccc(NC(=S)Nc2ccc(F)cc2[N+](=O)[O-])cc1OC. The number of nitro groups is 1. The highest BCUT2D eigenvalue weighted by molar-refractivity contribution is 7.80. The van der Waals surface area contributed by atoms with Crippen LogP contribution in [0.4, 0.5) is 21.5 Å². The first-order valence-electron chi connectivity index (χ1n) is 6.68. The van der Waals surface area contributed by atoms with E-state index in [2.05, 4.69) is 10.6 Å². The van der Waals surface area contributed by atoms with Gasteiger partial charge in [0, 0.05) is 11.8 Å². The van der Waals surface area contributed by atoms with Gasteiger partial charge in [-0.15, -0.1) is 0 Å². The normalized spacial score (nSPS) is 9.96. The topological polar surface area (TPSA) is 85.7 Å². The van der Waals surface area contributed by atoms with Crippen LogP contribution in [-0.2, 0) is 0 Å². The first-order valence-corrected chi connectivity index (χ1v) is 7.09. The zero-order valence-corrected chi connectivity index (χ0v) is 13.6. The number of methoxy groups -OCH3 is 2. The van der Waals surface area contributed by atoms with E-state index in [1.165, 1.54) is 20.3 Å². The van der Waals surface area contributed by atoms with E-state index in [0.29, 0.717) is 17.2 Å². The molecule has 126 valence electrons. The number of anilines is 2. The fourth-order valence-corrected chi connectivity index (χ4v) is 2.19. The molecule has 2 N–H and O–H groups in total. The lowest BCUT2D eigenvalue weighted by atomic mass is 10.2. The molecule has 2 aromatic rings. The van der Waals surface area contributed by atoms with Crippen molar-refractivity contribution in [2.75, 3.05) is 24.9 Å². The van der Waals surface area contributed by atoms with Crippen molar-refractivity contribution in [3.63, 3.8) is 0 Å². The molecule has 0 bridgehead atoms. The molecule has 2 rings (SSSR count). The molecule has 0 aliphatic heterocycles. The van der Waals surface area contributed by atoms with Gasteiger partial charge in [0.25, 0.3) is 5.69 Å². The summed E-state index contributed by atoms with van der Waals surface area (Å²) in [6, 6.07) is 8.22. The molecule has 24 heavy (non-hydrogen) atoms. The smallest absolute Gasteiger partial charge is 0.295 e. The summed E-state index contributed by atoms with van der Waals surface area (Å²) in [6.45, 7) is 0. The maximum absolute atomic E-state index is 13.1. The van der Waals surface area contributed by atoms with Crippen molar-refractivity contribution >= 4 is 34.4 Å². The zero-order chi connectivity index (χ0) is 17.7. The summed E-state index contributed by atoms with van der Waals surface area (Å²) in [6.07, 6.45) is 0. The Bertz CT molecular complexity index is 785. The molecule has 0 spiro atoms. The maximum atomic E-state index is 13.1. The summed E-state index contributed by atoms with van der Waals surface area (Å²) in [4.78, 5) is 10.3. The second-order valence-corrected chi connectivity index (χ2v) is 4.98. The fourth-order valence-electron chi connectivity index (χ4n) is 1.96. The summed E-state index contributed by atoms with van der Waals surface area (Å²) in [5.41, 5.74) is 0.265. The zero-order valence-electron chi connectivity index (χ0n) is 12.8. The number of nitro benzene ring substituents is 1. The molecule has 0 aromatic heterocycles. The standard InChI is InChI=1S/C15H14FN3O4S/c1-22-13-6-4-10(8-14(13)23-2)17-15(24)18-11-5-3-9(16)7-12(11)19(20)21/h3-8H,1-2H3,(H2,17,18,24). The summed E-state index contributed by atoms with van der Waals surface area (Å²) >= 11 is 5.13. The van der Waals surface area contributed by atoms with Crippen LogP contribution in [0.3, 0.4) is 0 Å². The van der Waals surface area contributed by atoms with E-state index in [1.54, 1.807) is 18.2 Å².